The Morgan fingerprint density at radius 1 is 1.53 bits per heavy atom. The monoisotopic (exact) mass is 213 g/mol. The molecule has 0 spiro atoms. The van der Waals surface area contributed by atoms with Crippen LogP contribution in [0.2, 0.25) is 0 Å². The fourth-order valence-corrected chi connectivity index (χ4v) is 1.19. The van der Waals surface area contributed by atoms with Crippen molar-refractivity contribution in [2.24, 2.45) is 0 Å². The minimum atomic E-state index is -1.00. The van der Waals surface area contributed by atoms with Crippen LogP contribution in [-0.2, 0) is 0 Å². The molecule has 0 amide bonds. The second-order valence-electron chi connectivity index (χ2n) is 3.02. The molecule has 2 N–H and O–H groups in total. The zero-order valence-electron chi connectivity index (χ0n) is 8.30. The summed E-state index contributed by atoms with van der Waals surface area (Å²) in [5, 5.41) is 29.4. The normalized spacial score (nSPS) is 12.2. The van der Waals surface area contributed by atoms with Crippen molar-refractivity contribution in [2.45, 2.75) is 13.0 Å². The number of non-ortho nitro benzene ring substituents is 1. The number of nitro groups is 1. The largest absolute Gasteiger partial charge is 0.504 e. The molecule has 0 aromatic heterocycles. The number of aliphatic hydroxyl groups is 1. The average molecular weight is 213 g/mol. The van der Waals surface area contributed by atoms with Gasteiger partial charge in [0.2, 0.25) is 0 Å². The van der Waals surface area contributed by atoms with E-state index in [1.165, 1.54) is 14.0 Å². The van der Waals surface area contributed by atoms with Crippen LogP contribution < -0.4 is 4.74 Å². The second-order valence-corrected chi connectivity index (χ2v) is 3.02. The standard InChI is InChI=1S/C9H11NO5/c1-5(11)7-3-6(10(13)14)4-8(15-2)9(7)12/h3-5,11-12H,1-2H3. The molecule has 0 aliphatic rings. The zero-order valence-corrected chi connectivity index (χ0v) is 8.30. The van der Waals surface area contributed by atoms with Crippen LogP contribution in [0.4, 0.5) is 5.69 Å². The van der Waals surface area contributed by atoms with Gasteiger partial charge in [0.15, 0.2) is 11.5 Å². The van der Waals surface area contributed by atoms with Crippen molar-refractivity contribution < 1.29 is 19.9 Å². The van der Waals surface area contributed by atoms with Crippen molar-refractivity contribution in [3.63, 3.8) is 0 Å². The van der Waals surface area contributed by atoms with Gasteiger partial charge in [-0.1, -0.05) is 0 Å². The van der Waals surface area contributed by atoms with Gasteiger partial charge in [0, 0.05) is 11.6 Å². The third-order valence-corrected chi connectivity index (χ3v) is 1.97. The Hall–Kier alpha value is -1.82. The van der Waals surface area contributed by atoms with Crippen LogP contribution in [0.5, 0.6) is 11.5 Å². The van der Waals surface area contributed by atoms with E-state index in [9.17, 15) is 20.3 Å². The number of hydrogen-bond acceptors (Lipinski definition) is 5. The molecule has 1 unspecified atom stereocenters. The number of hydrogen-bond donors (Lipinski definition) is 2. The number of ether oxygens (including phenoxy) is 1. The van der Waals surface area contributed by atoms with Gasteiger partial charge in [-0.25, -0.2) is 0 Å². The molecule has 6 nitrogen and oxygen atoms in total. The summed E-state index contributed by atoms with van der Waals surface area (Å²) in [5.74, 6) is -0.307. The molecular weight excluding hydrogens is 202 g/mol. The molecule has 6 heteroatoms. The first-order valence-electron chi connectivity index (χ1n) is 4.20. The maximum Gasteiger partial charge on any atom is 0.273 e. The molecule has 0 saturated heterocycles. The Labute approximate surface area is 85.9 Å². The average Bonchev–Trinajstić information content (AvgIpc) is 2.17. The molecule has 15 heavy (non-hydrogen) atoms. The van der Waals surface area contributed by atoms with Crippen molar-refractivity contribution in [1.29, 1.82) is 0 Å². The van der Waals surface area contributed by atoms with Gasteiger partial charge in [-0.2, -0.15) is 0 Å². The maximum absolute atomic E-state index is 10.5. The Morgan fingerprint density at radius 2 is 2.13 bits per heavy atom. The van der Waals surface area contributed by atoms with E-state index in [0.29, 0.717) is 0 Å². The topological polar surface area (TPSA) is 92.8 Å². The molecule has 0 heterocycles. The number of nitrogens with zero attached hydrogens (tertiary/aromatic N) is 1. The quantitative estimate of drug-likeness (QED) is 0.584. The molecule has 0 bridgehead atoms. The van der Waals surface area contributed by atoms with Crippen LogP contribution in [0, 0.1) is 10.1 Å². The summed E-state index contributed by atoms with van der Waals surface area (Å²) >= 11 is 0. The Balaban J connectivity index is 3.38. The van der Waals surface area contributed by atoms with Gasteiger partial charge in [-0.15, -0.1) is 0 Å². The van der Waals surface area contributed by atoms with Crippen LogP contribution in [0.15, 0.2) is 12.1 Å². The van der Waals surface area contributed by atoms with Crippen molar-refractivity contribution in [2.75, 3.05) is 7.11 Å². The number of phenolic OH excluding ortho intramolecular Hbond substituents is 1. The molecule has 1 aromatic rings. The lowest BCUT2D eigenvalue weighted by atomic mass is 10.1. The number of nitro benzene ring substituents is 1. The van der Waals surface area contributed by atoms with Crippen molar-refractivity contribution >= 4 is 5.69 Å². The summed E-state index contributed by atoms with van der Waals surface area (Å²) < 4.78 is 4.76. The van der Waals surface area contributed by atoms with E-state index >= 15 is 0 Å². The molecule has 0 aliphatic carbocycles. The highest BCUT2D eigenvalue weighted by Crippen LogP contribution is 2.37. The van der Waals surface area contributed by atoms with Crippen LogP contribution in [0.1, 0.15) is 18.6 Å². The summed E-state index contributed by atoms with van der Waals surface area (Å²) in [4.78, 5) is 9.92. The molecule has 0 aliphatic heterocycles. The first-order chi connectivity index (χ1) is 6.97. The summed E-state index contributed by atoms with van der Waals surface area (Å²) in [6, 6.07) is 2.21. The highest BCUT2D eigenvalue weighted by molar-refractivity contribution is 5.54. The van der Waals surface area contributed by atoms with E-state index in [4.69, 9.17) is 4.74 Å². The van der Waals surface area contributed by atoms with E-state index < -0.39 is 11.0 Å². The van der Waals surface area contributed by atoms with Crippen molar-refractivity contribution in [1.82, 2.24) is 0 Å². The van der Waals surface area contributed by atoms with Crippen LogP contribution in [-0.4, -0.2) is 22.2 Å². The zero-order chi connectivity index (χ0) is 11.6. The van der Waals surface area contributed by atoms with Gasteiger partial charge in [-0.05, 0) is 6.92 Å². The van der Waals surface area contributed by atoms with Gasteiger partial charge in [0.05, 0.1) is 24.2 Å². The van der Waals surface area contributed by atoms with E-state index in [-0.39, 0.29) is 22.7 Å². The minimum absolute atomic E-state index is 0.0277. The van der Waals surface area contributed by atoms with Gasteiger partial charge in [0.1, 0.15) is 0 Å². The van der Waals surface area contributed by atoms with Gasteiger partial charge in [0.25, 0.3) is 5.69 Å². The number of aliphatic hydroxyl groups excluding tert-OH is 1. The first kappa shape index (κ1) is 11.3. The summed E-state index contributed by atoms with van der Waals surface area (Å²) in [6.45, 7) is 1.40. The van der Waals surface area contributed by atoms with Crippen molar-refractivity contribution in [3.8, 4) is 11.5 Å². The molecule has 1 aromatic carbocycles. The number of aromatic hydroxyl groups is 1. The Morgan fingerprint density at radius 3 is 2.53 bits per heavy atom. The molecule has 1 atom stereocenters. The predicted octanol–water partition coefficient (Wildman–Crippen LogP) is 1.36. The maximum atomic E-state index is 10.5. The lowest BCUT2D eigenvalue weighted by Crippen LogP contribution is -1.97. The lowest BCUT2D eigenvalue weighted by Gasteiger charge is -2.10. The number of methoxy groups -OCH3 is 1. The van der Waals surface area contributed by atoms with Gasteiger partial charge >= 0.3 is 0 Å². The highest BCUT2D eigenvalue weighted by Gasteiger charge is 2.19. The molecular formula is C9H11NO5. The van der Waals surface area contributed by atoms with E-state index in [2.05, 4.69) is 0 Å². The Kier molecular flexibility index (Phi) is 3.11. The molecule has 0 radical (unpaired) electrons. The van der Waals surface area contributed by atoms with E-state index in [0.717, 1.165) is 12.1 Å². The summed E-state index contributed by atoms with van der Waals surface area (Å²) in [6.07, 6.45) is -1.00. The predicted molar refractivity (Wildman–Crippen MR) is 51.9 cm³/mol. The molecule has 82 valence electrons. The van der Waals surface area contributed by atoms with Gasteiger partial charge in [-0.3, -0.25) is 10.1 Å². The van der Waals surface area contributed by atoms with Crippen LogP contribution in [0.25, 0.3) is 0 Å². The van der Waals surface area contributed by atoms with E-state index in [1.807, 2.05) is 0 Å². The van der Waals surface area contributed by atoms with E-state index in [1.54, 1.807) is 0 Å². The molecule has 1 rings (SSSR count). The smallest absolute Gasteiger partial charge is 0.273 e. The minimum Gasteiger partial charge on any atom is -0.504 e. The van der Waals surface area contributed by atoms with Crippen LogP contribution in [0.3, 0.4) is 0 Å². The third-order valence-electron chi connectivity index (χ3n) is 1.97. The second kappa shape index (κ2) is 4.14. The fraction of sp³-hybridized carbons (Fsp3) is 0.333. The SMILES string of the molecule is COc1cc([N+](=O)[O-])cc(C(C)O)c1O. The fourth-order valence-electron chi connectivity index (χ4n) is 1.19. The Bertz CT molecular complexity index is 388. The number of benzene rings is 1. The number of rotatable bonds is 3. The van der Waals surface area contributed by atoms with Crippen LogP contribution >= 0.6 is 0 Å². The summed E-state index contributed by atoms with van der Waals surface area (Å²) in [5.41, 5.74) is -0.165. The summed E-state index contributed by atoms with van der Waals surface area (Å²) in [7, 11) is 1.28. The van der Waals surface area contributed by atoms with Crippen molar-refractivity contribution in [3.05, 3.63) is 27.8 Å². The third kappa shape index (κ3) is 2.16. The number of phenols is 1. The molecule has 0 saturated carbocycles. The van der Waals surface area contributed by atoms with Gasteiger partial charge < -0.3 is 14.9 Å². The lowest BCUT2D eigenvalue weighted by molar-refractivity contribution is -0.385. The highest BCUT2D eigenvalue weighted by atomic mass is 16.6. The molecule has 0 fully saturated rings. The first-order valence-corrected chi connectivity index (χ1v) is 4.20.